The number of benzene rings is 1. The van der Waals surface area contributed by atoms with Crippen LogP contribution in [-0.4, -0.2) is 10.9 Å². The van der Waals surface area contributed by atoms with E-state index in [9.17, 15) is 9.90 Å². The Hall–Kier alpha value is -1.31. The standard InChI is InChI=1S/C15H22O2.C3H8/c1-4-7-11-9-13(14(16)6-3)10-12(8-5-2)15(11)17;1-3-2/h9-10,17H,4-8H2,1-3H3;3H2,1-2H3. The van der Waals surface area contributed by atoms with E-state index < -0.39 is 0 Å². The first-order valence-electron chi connectivity index (χ1n) is 7.93. The van der Waals surface area contributed by atoms with Crippen LogP contribution >= 0.6 is 0 Å². The molecule has 0 saturated heterocycles. The quantitative estimate of drug-likeness (QED) is 0.716. The van der Waals surface area contributed by atoms with E-state index in [1.165, 1.54) is 6.42 Å². The summed E-state index contributed by atoms with van der Waals surface area (Å²) in [5, 5.41) is 10.1. The summed E-state index contributed by atoms with van der Waals surface area (Å²) in [6, 6.07) is 3.70. The molecule has 0 aromatic heterocycles. The highest BCUT2D eigenvalue weighted by atomic mass is 16.3. The van der Waals surface area contributed by atoms with Gasteiger partial charge in [-0.3, -0.25) is 4.79 Å². The summed E-state index contributed by atoms with van der Waals surface area (Å²) < 4.78 is 0. The SMILES string of the molecule is CCC.CCCc1cc(C(=O)CC)cc(CCC)c1O. The van der Waals surface area contributed by atoms with Crippen LogP contribution in [0.25, 0.3) is 0 Å². The summed E-state index contributed by atoms with van der Waals surface area (Å²) in [6.45, 7) is 10.3. The van der Waals surface area contributed by atoms with Crippen molar-refractivity contribution in [2.45, 2.75) is 73.1 Å². The zero-order valence-electron chi connectivity index (χ0n) is 13.8. The van der Waals surface area contributed by atoms with Crippen LogP contribution in [0.4, 0.5) is 0 Å². The van der Waals surface area contributed by atoms with Gasteiger partial charge in [0.1, 0.15) is 5.75 Å². The minimum absolute atomic E-state index is 0.153. The van der Waals surface area contributed by atoms with Gasteiger partial charge in [0.05, 0.1) is 0 Å². The normalized spacial score (nSPS) is 9.85. The first kappa shape index (κ1) is 18.7. The van der Waals surface area contributed by atoms with Crippen molar-refractivity contribution in [2.75, 3.05) is 0 Å². The Balaban J connectivity index is 0.00000110. The van der Waals surface area contributed by atoms with Crippen molar-refractivity contribution in [2.24, 2.45) is 0 Å². The zero-order valence-corrected chi connectivity index (χ0v) is 13.8. The molecule has 2 heteroatoms. The van der Waals surface area contributed by atoms with E-state index in [2.05, 4.69) is 27.7 Å². The van der Waals surface area contributed by atoms with Crippen LogP contribution in [-0.2, 0) is 12.8 Å². The number of phenolic OH excluding ortho intramolecular Hbond substituents is 1. The van der Waals surface area contributed by atoms with Crippen LogP contribution in [0.1, 0.15) is 81.8 Å². The lowest BCUT2D eigenvalue weighted by Crippen LogP contribution is -2.01. The van der Waals surface area contributed by atoms with Crippen LogP contribution in [0.5, 0.6) is 5.75 Å². The third kappa shape index (κ3) is 5.77. The third-order valence-electron chi connectivity index (χ3n) is 2.95. The van der Waals surface area contributed by atoms with Crippen molar-refractivity contribution >= 4 is 5.78 Å². The van der Waals surface area contributed by atoms with E-state index in [-0.39, 0.29) is 5.78 Å². The number of hydrogen-bond donors (Lipinski definition) is 1. The van der Waals surface area contributed by atoms with Crippen molar-refractivity contribution < 1.29 is 9.90 Å². The molecule has 20 heavy (non-hydrogen) atoms. The average Bonchev–Trinajstić information content (AvgIpc) is 2.43. The Labute approximate surface area is 124 Å². The largest absolute Gasteiger partial charge is 0.507 e. The summed E-state index contributed by atoms with van der Waals surface area (Å²) in [6.07, 6.45) is 5.37. The number of Topliss-reactive ketones (excluding diaryl/α,β-unsaturated/α-hetero) is 1. The van der Waals surface area contributed by atoms with Gasteiger partial charge in [-0.15, -0.1) is 0 Å². The second kappa shape index (κ2) is 10.5. The summed E-state index contributed by atoms with van der Waals surface area (Å²) in [7, 11) is 0. The number of carbonyl (C=O) groups is 1. The number of rotatable bonds is 6. The molecular weight excluding hydrogens is 248 g/mol. The fraction of sp³-hybridized carbons (Fsp3) is 0.611. The lowest BCUT2D eigenvalue weighted by atomic mass is 9.96. The van der Waals surface area contributed by atoms with Crippen molar-refractivity contribution in [1.82, 2.24) is 0 Å². The molecule has 0 bridgehead atoms. The Morgan fingerprint density at radius 3 is 1.65 bits per heavy atom. The number of ketones is 1. The topological polar surface area (TPSA) is 37.3 Å². The van der Waals surface area contributed by atoms with Gasteiger partial charge in [-0.25, -0.2) is 0 Å². The molecule has 0 amide bonds. The second-order valence-electron chi connectivity index (χ2n) is 5.13. The van der Waals surface area contributed by atoms with Crippen LogP contribution in [0, 0.1) is 0 Å². The van der Waals surface area contributed by atoms with Gasteiger partial charge in [-0.05, 0) is 36.1 Å². The van der Waals surface area contributed by atoms with Gasteiger partial charge in [0.25, 0.3) is 0 Å². The van der Waals surface area contributed by atoms with Gasteiger partial charge >= 0.3 is 0 Å². The minimum atomic E-state index is 0.153. The predicted molar refractivity (Wildman–Crippen MR) is 86.7 cm³/mol. The Morgan fingerprint density at radius 2 is 1.35 bits per heavy atom. The molecule has 114 valence electrons. The molecule has 1 aromatic carbocycles. The lowest BCUT2D eigenvalue weighted by molar-refractivity contribution is 0.0988. The first-order valence-corrected chi connectivity index (χ1v) is 7.93. The fourth-order valence-electron chi connectivity index (χ4n) is 2.04. The molecule has 2 nitrogen and oxygen atoms in total. The van der Waals surface area contributed by atoms with Crippen molar-refractivity contribution in [1.29, 1.82) is 0 Å². The van der Waals surface area contributed by atoms with E-state index in [0.29, 0.717) is 12.2 Å². The number of phenols is 1. The van der Waals surface area contributed by atoms with Gasteiger partial charge in [-0.2, -0.15) is 0 Å². The van der Waals surface area contributed by atoms with E-state index in [1.807, 2.05) is 19.1 Å². The van der Waals surface area contributed by atoms with E-state index in [0.717, 1.165) is 42.4 Å². The highest BCUT2D eigenvalue weighted by Gasteiger charge is 2.12. The molecule has 0 atom stereocenters. The molecule has 0 fully saturated rings. The molecule has 0 aliphatic carbocycles. The first-order chi connectivity index (χ1) is 9.55. The molecule has 1 N–H and O–H groups in total. The Bertz CT molecular complexity index is 381. The van der Waals surface area contributed by atoms with Gasteiger partial charge in [0, 0.05) is 12.0 Å². The molecular formula is C18H30O2. The van der Waals surface area contributed by atoms with Crippen molar-refractivity contribution in [3.8, 4) is 5.75 Å². The summed E-state index contributed by atoms with van der Waals surface area (Å²) >= 11 is 0. The van der Waals surface area contributed by atoms with Crippen LogP contribution in [0.3, 0.4) is 0 Å². The number of carbonyl (C=O) groups excluding carboxylic acids is 1. The van der Waals surface area contributed by atoms with E-state index in [1.54, 1.807) is 0 Å². The van der Waals surface area contributed by atoms with Gasteiger partial charge in [-0.1, -0.05) is 53.9 Å². The molecule has 0 unspecified atom stereocenters. The van der Waals surface area contributed by atoms with Gasteiger partial charge in [0.2, 0.25) is 0 Å². The van der Waals surface area contributed by atoms with Crippen molar-refractivity contribution in [3.63, 3.8) is 0 Å². The highest BCUT2D eigenvalue weighted by Crippen LogP contribution is 2.27. The molecule has 0 aliphatic heterocycles. The smallest absolute Gasteiger partial charge is 0.162 e. The summed E-state index contributed by atoms with van der Waals surface area (Å²) in [5.41, 5.74) is 2.57. The summed E-state index contributed by atoms with van der Waals surface area (Å²) in [5.74, 6) is 0.543. The minimum Gasteiger partial charge on any atom is -0.507 e. The molecule has 0 saturated carbocycles. The van der Waals surface area contributed by atoms with E-state index in [4.69, 9.17) is 0 Å². The molecule has 0 spiro atoms. The number of aromatic hydroxyl groups is 1. The molecule has 0 aliphatic rings. The van der Waals surface area contributed by atoms with E-state index >= 15 is 0 Å². The van der Waals surface area contributed by atoms with Gasteiger partial charge in [0.15, 0.2) is 5.78 Å². The fourth-order valence-corrected chi connectivity index (χ4v) is 2.04. The average molecular weight is 278 g/mol. The van der Waals surface area contributed by atoms with Crippen LogP contribution in [0.2, 0.25) is 0 Å². The third-order valence-corrected chi connectivity index (χ3v) is 2.95. The second-order valence-corrected chi connectivity index (χ2v) is 5.13. The maximum atomic E-state index is 11.8. The zero-order chi connectivity index (χ0) is 15.5. The number of aryl methyl sites for hydroxylation is 2. The predicted octanol–water partition coefficient (Wildman–Crippen LogP) is 5.31. The molecule has 1 rings (SSSR count). The number of hydrogen-bond acceptors (Lipinski definition) is 2. The van der Waals surface area contributed by atoms with Crippen LogP contribution in [0.15, 0.2) is 12.1 Å². The molecule has 1 aromatic rings. The molecule has 0 radical (unpaired) electrons. The monoisotopic (exact) mass is 278 g/mol. The van der Waals surface area contributed by atoms with Crippen LogP contribution < -0.4 is 0 Å². The van der Waals surface area contributed by atoms with Crippen molar-refractivity contribution in [3.05, 3.63) is 28.8 Å². The highest BCUT2D eigenvalue weighted by molar-refractivity contribution is 5.96. The maximum Gasteiger partial charge on any atom is 0.162 e. The molecule has 0 heterocycles. The Morgan fingerprint density at radius 1 is 0.950 bits per heavy atom. The maximum absolute atomic E-state index is 11.8. The Kier molecular flexibility index (Phi) is 9.79. The lowest BCUT2D eigenvalue weighted by Gasteiger charge is -2.11. The summed E-state index contributed by atoms with van der Waals surface area (Å²) in [4.78, 5) is 11.8. The van der Waals surface area contributed by atoms with Gasteiger partial charge < -0.3 is 5.11 Å².